The largest absolute Gasteiger partial charge is 0.373 e. The van der Waals surface area contributed by atoms with E-state index in [9.17, 15) is 4.79 Å². The van der Waals surface area contributed by atoms with Crippen LogP contribution in [-0.2, 0) is 4.74 Å². The molecule has 0 saturated carbocycles. The van der Waals surface area contributed by atoms with Gasteiger partial charge in [-0.1, -0.05) is 0 Å². The van der Waals surface area contributed by atoms with E-state index in [1.165, 1.54) is 0 Å². The summed E-state index contributed by atoms with van der Waals surface area (Å²) in [5.41, 5.74) is 2.98. The van der Waals surface area contributed by atoms with E-state index in [1.54, 1.807) is 24.4 Å². The molecule has 2 heterocycles. The zero-order chi connectivity index (χ0) is 16.9. The molecule has 6 nitrogen and oxygen atoms in total. The number of aromatic nitrogens is 2. The first-order chi connectivity index (χ1) is 11.7. The van der Waals surface area contributed by atoms with Crippen LogP contribution in [0, 0.1) is 24.2 Å². The molecule has 124 valence electrons. The molecule has 0 aliphatic carbocycles. The minimum Gasteiger partial charge on any atom is -0.373 e. The van der Waals surface area contributed by atoms with Crippen molar-refractivity contribution < 1.29 is 9.53 Å². The van der Waals surface area contributed by atoms with E-state index in [0.717, 1.165) is 30.6 Å². The predicted octanol–water partition coefficient (Wildman–Crippen LogP) is 2.49. The van der Waals surface area contributed by atoms with Crippen molar-refractivity contribution in [3.05, 3.63) is 52.8 Å². The number of nitriles is 1. The topological polar surface area (TPSA) is 90.8 Å². The normalized spacial score (nSPS) is 20.3. The van der Waals surface area contributed by atoms with E-state index < -0.39 is 0 Å². The number of carbonyl (C=O) groups excluding carboxylic acids is 1. The van der Waals surface area contributed by atoms with Crippen molar-refractivity contribution >= 4 is 5.91 Å². The van der Waals surface area contributed by atoms with Gasteiger partial charge in [-0.15, -0.1) is 0 Å². The Balaban J connectivity index is 1.66. The van der Waals surface area contributed by atoms with Crippen molar-refractivity contribution in [1.29, 1.82) is 5.26 Å². The molecule has 0 spiro atoms. The van der Waals surface area contributed by atoms with Crippen molar-refractivity contribution in [3.63, 3.8) is 0 Å². The Kier molecular flexibility index (Phi) is 4.92. The summed E-state index contributed by atoms with van der Waals surface area (Å²) in [4.78, 5) is 12.4. The Labute approximate surface area is 140 Å². The van der Waals surface area contributed by atoms with Gasteiger partial charge in [0.15, 0.2) is 0 Å². The van der Waals surface area contributed by atoms with Crippen molar-refractivity contribution in [2.24, 2.45) is 5.92 Å². The van der Waals surface area contributed by atoms with Crippen LogP contribution in [0.5, 0.6) is 0 Å². The van der Waals surface area contributed by atoms with Crippen LogP contribution in [0.2, 0.25) is 0 Å². The smallest absolute Gasteiger partial charge is 0.251 e. The first-order valence-electron chi connectivity index (χ1n) is 8.08. The standard InChI is InChI=1S/C18H20N4O2/c1-12-7-13(8-19)4-5-16(12)18(23)20-9-14-3-2-6-24-17(14)15-10-21-22-11-15/h4-5,7,10-11,14,17H,2-3,6,9H2,1H3,(H,20,23)(H,21,22)/t14-,17+/m0/s1. The summed E-state index contributed by atoms with van der Waals surface area (Å²) in [6, 6.07) is 7.18. The number of aromatic amines is 1. The second-order valence-electron chi connectivity index (χ2n) is 6.08. The molecule has 1 amide bonds. The highest BCUT2D eigenvalue weighted by molar-refractivity contribution is 5.95. The van der Waals surface area contributed by atoms with Crippen LogP contribution in [0.3, 0.4) is 0 Å². The van der Waals surface area contributed by atoms with Gasteiger partial charge < -0.3 is 10.1 Å². The average Bonchev–Trinajstić information content (AvgIpc) is 3.14. The van der Waals surface area contributed by atoms with Gasteiger partial charge in [-0.2, -0.15) is 10.4 Å². The first kappa shape index (κ1) is 16.2. The number of nitrogens with zero attached hydrogens (tertiary/aromatic N) is 2. The molecule has 2 atom stereocenters. The molecule has 24 heavy (non-hydrogen) atoms. The number of aryl methyl sites for hydroxylation is 1. The number of nitrogens with one attached hydrogen (secondary N) is 2. The fraction of sp³-hybridized carbons (Fsp3) is 0.389. The number of hydrogen-bond donors (Lipinski definition) is 2. The van der Waals surface area contributed by atoms with Crippen LogP contribution < -0.4 is 5.32 Å². The highest BCUT2D eigenvalue weighted by atomic mass is 16.5. The fourth-order valence-corrected chi connectivity index (χ4v) is 3.14. The maximum atomic E-state index is 12.4. The molecule has 1 aliphatic rings. The SMILES string of the molecule is Cc1cc(C#N)ccc1C(=O)NC[C@@H]1CCCO[C@H]1c1cn[nH]c1. The van der Waals surface area contributed by atoms with Crippen molar-refractivity contribution in [2.45, 2.75) is 25.9 Å². The Morgan fingerprint density at radius 3 is 3.12 bits per heavy atom. The van der Waals surface area contributed by atoms with Crippen LogP contribution in [0.25, 0.3) is 0 Å². The highest BCUT2D eigenvalue weighted by Crippen LogP contribution is 2.32. The quantitative estimate of drug-likeness (QED) is 0.904. The molecule has 1 aliphatic heterocycles. The second-order valence-corrected chi connectivity index (χ2v) is 6.08. The molecule has 0 unspecified atom stereocenters. The van der Waals surface area contributed by atoms with Crippen LogP contribution >= 0.6 is 0 Å². The van der Waals surface area contributed by atoms with Crippen LogP contribution in [0.15, 0.2) is 30.6 Å². The highest BCUT2D eigenvalue weighted by Gasteiger charge is 2.28. The number of amides is 1. The molecular formula is C18H20N4O2. The van der Waals surface area contributed by atoms with Crippen LogP contribution in [0.1, 0.15) is 46.0 Å². The summed E-state index contributed by atoms with van der Waals surface area (Å²) >= 11 is 0. The maximum Gasteiger partial charge on any atom is 0.251 e. The fourth-order valence-electron chi connectivity index (χ4n) is 3.14. The van der Waals surface area contributed by atoms with Gasteiger partial charge in [0.25, 0.3) is 5.91 Å². The molecule has 6 heteroatoms. The monoisotopic (exact) mass is 324 g/mol. The lowest BCUT2D eigenvalue weighted by Gasteiger charge is -2.31. The Bertz CT molecular complexity index is 749. The molecule has 1 saturated heterocycles. The molecule has 1 aromatic heterocycles. The average molecular weight is 324 g/mol. The Morgan fingerprint density at radius 1 is 1.54 bits per heavy atom. The second kappa shape index (κ2) is 7.28. The number of ether oxygens (including phenoxy) is 1. The number of rotatable bonds is 4. The van der Waals surface area contributed by atoms with E-state index >= 15 is 0 Å². The van der Waals surface area contributed by atoms with Crippen molar-refractivity contribution in [3.8, 4) is 6.07 Å². The summed E-state index contributed by atoms with van der Waals surface area (Å²) < 4.78 is 5.88. The van der Waals surface area contributed by atoms with Gasteiger partial charge in [-0.05, 0) is 43.5 Å². The first-order valence-corrected chi connectivity index (χ1v) is 8.08. The molecule has 2 N–H and O–H groups in total. The number of hydrogen-bond acceptors (Lipinski definition) is 4. The molecule has 3 rings (SSSR count). The molecule has 0 radical (unpaired) electrons. The maximum absolute atomic E-state index is 12.4. The van der Waals surface area contributed by atoms with Gasteiger partial charge >= 0.3 is 0 Å². The third-order valence-electron chi connectivity index (χ3n) is 4.42. The van der Waals surface area contributed by atoms with E-state index in [1.807, 2.05) is 13.1 Å². The van der Waals surface area contributed by atoms with E-state index in [4.69, 9.17) is 10.00 Å². The van der Waals surface area contributed by atoms with Gasteiger partial charge in [-0.3, -0.25) is 9.89 Å². The van der Waals surface area contributed by atoms with Gasteiger partial charge in [-0.25, -0.2) is 0 Å². The molecule has 1 aromatic carbocycles. The summed E-state index contributed by atoms with van der Waals surface area (Å²) in [7, 11) is 0. The summed E-state index contributed by atoms with van der Waals surface area (Å²) in [6.45, 7) is 3.12. The van der Waals surface area contributed by atoms with Crippen molar-refractivity contribution in [2.75, 3.05) is 13.2 Å². The van der Waals surface area contributed by atoms with Gasteiger partial charge in [0.2, 0.25) is 0 Å². The summed E-state index contributed by atoms with van der Waals surface area (Å²) in [5, 5.41) is 18.7. The van der Waals surface area contributed by atoms with Crippen LogP contribution in [0.4, 0.5) is 0 Å². The Morgan fingerprint density at radius 2 is 2.42 bits per heavy atom. The van der Waals surface area contributed by atoms with E-state index in [2.05, 4.69) is 21.6 Å². The third-order valence-corrected chi connectivity index (χ3v) is 4.42. The molecular weight excluding hydrogens is 304 g/mol. The zero-order valence-electron chi connectivity index (χ0n) is 13.6. The minimum absolute atomic E-state index is 0.0418. The van der Waals surface area contributed by atoms with Gasteiger partial charge in [0.05, 0.1) is 23.9 Å². The van der Waals surface area contributed by atoms with E-state index in [0.29, 0.717) is 17.7 Å². The predicted molar refractivity (Wildman–Crippen MR) is 88.2 cm³/mol. The molecule has 0 bridgehead atoms. The lowest BCUT2D eigenvalue weighted by molar-refractivity contribution is -0.0272. The van der Waals surface area contributed by atoms with Gasteiger partial charge in [0, 0.05) is 36.4 Å². The zero-order valence-corrected chi connectivity index (χ0v) is 13.6. The van der Waals surface area contributed by atoms with E-state index in [-0.39, 0.29) is 17.9 Å². The Hall–Kier alpha value is -2.65. The number of carbonyl (C=O) groups is 1. The lowest BCUT2D eigenvalue weighted by Crippen LogP contribution is -2.35. The molecule has 1 fully saturated rings. The van der Waals surface area contributed by atoms with Crippen molar-refractivity contribution in [1.82, 2.24) is 15.5 Å². The minimum atomic E-state index is -0.117. The van der Waals surface area contributed by atoms with Crippen LogP contribution in [-0.4, -0.2) is 29.3 Å². The third kappa shape index (κ3) is 3.47. The molecule has 2 aromatic rings. The number of H-pyrrole nitrogens is 1. The number of benzene rings is 1. The van der Waals surface area contributed by atoms with Gasteiger partial charge in [0.1, 0.15) is 0 Å². The lowest BCUT2D eigenvalue weighted by atomic mass is 9.90. The summed E-state index contributed by atoms with van der Waals surface area (Å²) in [6.07, 6.45) is 5.57. The summed E-state index contributed by atoms with van der Waals surface area (Å²) in [5.74, 6) is 0.104.